The van der Waals surface area contributed by atoms with Gasteiger partial charge < -0.3 is 19.7 Å². The number of hydrogen-bond acceptors (Lipinski definition) is 4. The maximum atomic E-state index is 11.0. The lowest BCUT2D eigenvalue weighted by Gasteiger charge is -2.29. The molecule has 0 radical (unpaired) electrons. The lowest BCUT2D eigenvalue weighted by molar-refractivity contribution is -0.186. The van der Waals surface area contributed by atoms with Crippen molar-refractivity contribution in [3.8, 4) is 0 Å². The van der Waals surface area contributed by atoms with E-state index in [4.69, 9.17) is 14.6 Å². The Labute approximate surface area is 90.0 Å². The molecule has 0 rings (SSSR count). The number of hydrogen-bond donors (Lipinski definition) is 2. The highest BCUT2D eigenvalue weighted by Gasteiger charge is 2.37. The first kappa shape index (κ1) is 14.3. The number of ether oxygens (including phenoxy) is 2. The first-order chi connectivity index (χ1) is 6.83. The summed E-state index contributed by atoms with van der Waals surface area (Å²) in [5, 5.41) is 18.2. The van der Waals surface area contributed by atoms with Crippen molar-refractivity contribution in [1.82, 2.24) is 0 Å². The Hall–Kier alpha value is -0.650. The number of carbonyl (C=O) groups is 1. The van der Waals surface area contributed by atoms with E-state index in [1.54, 1.807) is 20.8 Å². The summed E-state index contributed by atoms with van der Waals surface area (Å²) in [6.45, 7) is 6.78. The molecular weight excluding hydrogens is 200 g/mol. The molecule has 0 heterocycles. The number of rotatable bonds is 7. The van der Waals surface area contributed by atoms with Crippen molar-refractivity contribution in [3.05, 3.63) is 0 Å². The Morgan fingerprint density at radius 2 is 2.00 bits per heavy atom. The molecular formula is C10H20O5. The molecule has 2 N–H and O–H groups in total. The van der Waals surface area contributed by atoms with E-state index in [9.17, 15) is 9.90 Å². The van der Waals surface area contributed by atoms with E-state index in [0.29, 0.717) is 6.61 Å². The Kier molecular flexibility index (Phi) is 5.79. The van der Waals surface area contributed by atoms with Crippen molar-refractivity contribution in [2.75, 3.05) is 13.2 Å². The van der Waals surface area contributed by atoms with Crippen LogP contribution in [0.2, 0.25) is 0 Å². The average molecular weight is 220 g/mol. The summed E-state index contributed by atoms with van der Waals surface area (Å²) in [4.78, 5) is 11.0. The zero-order valence-corrected chi connectivity index (χ0v) is 9.69. The average Bonchev–Trinajstić information content (AvgIpc) is 2.14. The predicted molar refractivity (Wildman–Crippen MR) is 54.8 cm³/mol. The molecule has 5 nitrogen and oxygen atoms in total. The van der Waals surface area contributed by atoms with Gasteiger partial charge in [-0.05, 0) is 27.7 Å². The van der Waals surface area contributed by atoms with Gasteiger partial charge in [0.05, 0.1) is 18.8 Å². The molecule has 0 fully saturated rings. The molecule has 0 aliphatic rings. The third-order valence-electron chi connectivity index (χ3n) is 2.16. The molecule has 0 aliphatic heterocycles. The minimum Gasteiger partial charge on any atom is -0.479 e. The van der Waals surface area contributed by atoms with Crippen LogP contribution in [0.25, 0.3) is 0 Å². The third kappa shape index (κ3) is 4.59. The fourth-order valence-corrected chi connectivity index (χ4v) is 0.952. The van der Waals surface area contributed by atoms with Crippen LogP contribution in [0, 0.1) is 0 Å². The highest BCUT2D eigenvalue weighted by atomic mass is 16.6. The largest absolute Gasteiger partial charge is 0.479 e. The van der Waals surface area contributed by atoms with E-state index in [1.807, 2.05) is 0 Å². The maximum Gasteiger partial charge on any atom is 0.338 e. The SMILES string of the molecule is CCOCC(C)(OC(C)C(C)O)C(=O)O. The molecule has 5 heteroatoms. The van der Waals surface area contributed by atoms with Crippen molar-refractivity contribution < 1.29 is 24.5 Å². The van der Waals surface area contributed by atoms with Gasteiger partial charge in [0.2, 0.25) is 0 Å². The molecule has 3 atom stereocenters. The fourth-order valence-electron chi connectivity index (χ4n) is 0.952. The Morgan fingerprint density at radius 3 is 2.33 bits per heavy atom. The van der Waals surface area contributed by atoms with Gasteiger partial charge in [-0.2, -0.15) is 0 Å². The molecule has 0 spiro atoms. The summed E-state index contributed by atoms with van der Waals surface area (Å²) in [7, 11) is 0. The smallest absolute Gasteiger partial charge is 0.338 e. The van der Waals surface area contributed by atoms with Gasteiger partial charge in [0.15, 0.2) is 5.60 Å². The summed E-state index contributed by atoms with van der Waals surface area (Å²) >= 11 is 0. The number of carboxylic acid groups (broad SMARTS) is 1. The van der Waals surface area contributed by atoms with Crippen molar-refractivity contribution in [2.24, 2.45) is 0 Å². The van der Waals surface area contributed by atoms with Crippen molar-refractivity contribution in [2.45, 2.75) is 45.5 Å². The second-order valence-corrected chi connectivity index (χ2v) is 3.74. The molecule has 15 heavy (non-hydrogen) atoms. The third-order valence-corrected chi connectivity index (χ3v) is 2.16. The summed E-state index contributed by atoms with van der Waals surface area (Å²) in [5.74, 6) is -1.09. The van der Waals surface area contributed by atoms with E-state index in [2.05, 4.69) is 0 Å². The second-order valence-electron chi connectivity index (χ2n) is 3.74. The standard InChI is InChI=1S/C10H20O5/c1-5-14-6-10(4,9(12)13)15-8(3)7(2)11/h7-8,11H,5-6H2,1-4H3,(H,12,13). The Bertz CT molecular complexity index is 204. The fraction of sp³-hybridized carbons (Fsp3) is 0.900. The van der Waals surface area contributed by atoms with Crippen LogP contribution in [0.15, 0.2) is 0 Å². The van der Waals surface area contributed by atoms with Gasteiger partial charge in [0.25, 0.3) is 0 Å². The molecule has 0 aliphatic carbocycles. The van der Waals surface area contributed by atoms with Gasteiger partial charge in [0, 0.05) is 6.61 Å². The molecule has 0 aromatic heterocycles. The highest BCUT2D eigenvalue weighted by Crippen LogP contribution is 2.16. The number of aliphatic hydroxyl groups is 1. The molecule has 3 unspecified atom stereocenters. The van der Waals surface area contributed by atoms with E-state index in [1.165, 1.54) is 6.92 Å². The normalized spacial score (nSPS) is 19.3. The molecule has 0 bridgehead atoms. The zero-order valence-electron chi connectivity index (χ0n) is 9.69. The predicted octanol–water partition coefficient (Wildman–Crippen LogP) is 0.652. The highest BCUT2D eigenvalue weighted by molar-refractivity contribution is 5.77. The molecule has 0 aromatic carbocycles. The minimum atomic E-state index is -1.41. The molecule has 0 aromatic rings. The van der Waals surface area contributed by atoms with E-state index < -0.39 is 23.8 Å². The van der Waals surface area contributed by atoms with Crippen molar-refractivity contribution in [1.29, 1.82) is 0 Å². The van der Waals surface area contributed by atoms with Crippen LogP contribution in [-0.4, -0.2) is 47.2 Å². The van der Waals surface area contributed by atoms with Gasteiger partial charge >= 0.3 is 5.97 Å². The minimum absolute atomic E-state index is 0.0319. The second kappa shape index (κ2) is 6.05. The lowest BCUT2D eigenvalue weighted by Crippen LogP contribution is -2.47. The zero-order chi connectivity index (χ0) is 12.1. The number of aliphatic carboxylic acids is 1. The van der Waals surface area contributed by atoms with Crippen molar-refractivity contribution >= 4 is 5.97 Å². The van der Waals surface area contributed by atoms with Gasteiger partial charge in [-0.15, -0.1) is 0 Å². The first-order valence-electron chi connectivity index (χ1n) is 5.00. The van der Waals surface area contributed by atoms with E-state index in [-0.39, 0.29) is 6.61 Å². The number of carboxylic acids is 1. The van der Waals surface area contributed by atoms with Gasteiger partial charge in [-0.3, -0.25) is 0 Å². The molecule has 0 saturated carbocycles. The summed E-state index contributed by atoms with van der Waals surface area (Å²) < 4.78 is 10.3. The van der Waals surface area contributed by atoms with Crippen LogP contribution in [0.3, 0.4) is 0 Å². The Morgan fingerprint density at radius 1 is 1.47 bits per heavy atom. The van der Waals surface area contributed by atoms with E-state index >= 15 is 0 Å². The number of aliphatic hydroxyl groups excluding tert-OH is 1. The molecule has 90 valence electrons. The maximum absolute atomic E-state index is 11.0. The Balaban J connectivity index is 4.44. The van der Waals surface area contributed by atoms with Crippen LogP contribution < -0.4 is 0 Å². The summed E-state index contributed by atoms with van der Waals surface area (Å²) in [6.07, 6.45) is -1.27. The summed E-state index contributed by atoms with van der Waals surface area (Å²) in [5.41, 5.74) is -1.41. The quantitative estimate of drug-likeness (QED) is 0.659. The monoisotopic (exact) mass is 220 g/mol. The van der Waals surface area contributed by atoms with Gasteiger partial charge in [-0.1, -0.05) is 0 Å². The summed E-state index contributed by atoms with van der Waals surface area (Å²) in [6, 6.07) is 0. The van der Waals surface area contributed by atoms with Crippen LogP contribution in [-0.2, 0) is 14.3 Å². The van der Waals surface area contributed by atoms with Gasteiger partial charge in [0.1, 0.15) is 0 Å². The molecule has 0 amide bonds. The topological polar surface area (TPSA) is 76.0 Å². The van der Waals surface area contributed by atoms with Crippen molar-refractivity contribution in [3.63, 3.8) is 0 Å². The van der Waals surface area contributed by atoms with Crippen LogP contribution in [0.4, 0.5) is 0 Å². The van der Waals surface area contributed by atoms with Gasteiger partial charge in [-0.25, -0.2) is 4.79 Å². The molecule has 0 saturated heterocycles. The van der Waals surface area contributed by atoms with Crippen LogP contribution in [0.5, 0.6) is 0 Å². The lowest BCUT2D eigenvalue weighted by atomic mass is 10.1. The van der Waals surface area contributed by atoms with Crippen LogP contribution in [0.1, 0.15) is 27.7 Å². The first-order valence-corrected chi connectivity index (χ1v) is 5.00. The van der Waals surface area contributed by atoms with Crippen LogP contribution >= 0.6 is 0 Å². The van der Waals surface area contributed by atoms with E-state index in [0.717, 1.165) is 0 Å².